The first-order chi connectivity index (χ1) is 8.61. The second-order valence-electron chi connectivity index (χ2n) is 3.82. The average molecular weight is 247 g/mol. The van der Waals surface area contributed by atoms with Crippen LogP contribution in [0.1, 0.15) is 17.3 Å². The SMILES string of the molecule is CCN(CC(=O)O)C(=O)c1ccc2nccn2c1. The summed E-state index contributed by atoms with van der Waals surface area (Å²) in [5, 5.41) is 8.74. The van der Waals surface area contributed by atoms with Crippen LogP contribution < -0.4 is 0 Å². The zero-order valence-electron chi connectivity index (χ0n) is 9.91. The van der Waals surface area contributed by atoms with Crippen molar-refractivity contribution in [3.8, 4) is 0 Å². The maximum atomic E-state index is 12.1. The highest BCUT2D eigenvalue weighted by Crippen LogP contribution is 2.08. The Bertz CT molecular complexity index is 591. The van der Waals surface area contributed by atoms with Crippen LogP contribution in [0.5, 0.6) is 0 Å². The maximum absolute atomic E-state index is 12.1. The molecule has 0 unspecified atom stereocenters. The fraction of sp³-hybridized carbons (Fsp3) is 0.250. The molecule has 2 rings (SSSR count). The fourth-order valence-corrected chi connectivity index (χ4v) is 1.72. The molecule has 1 amide bonds. The molecule has 0 atom stereocenters. The molecule has 0 aromatic carbocycles. The molecule has 0 radical (unpaired) electrons. The predicted octanol–water partition coefficient (Wildman–Crippen LogP) is 0.881. The Morgan fingerprint density at radius 1 is 1.44 bits per heavy atom. The monoisotopic (exact) mass is 247 g/mol. The molecule has 94 valence electrons. The minimum atomic E-state index is -1.02. The van der Waals surface area contributed by atoms with Crippen LogP contribution in [0.4, 0.5) is 0 Å². The summed E-state index contributed by atoms with van der Waals surface area (Å²) in [5.41, 5.74) is 1.19. The van der Waals surface area contributed by atoms with Gasteiger partial charge in [-0.05, 0) is 19.1 Å². The van der Waals surface area contributed by atoms with Gasteiger partial charge < -0.3 is 14.4 Å². The van der Waals surface area contributed by atoms with Crippen LogP contribution in [0.25, 0.3) is 5.65 Å². The molecule has 2 heterocycles. The summed E-state index contributed by atoms with van der Waals surface area (Å²) >= 11 is 0. The van der Waals surface area contributed by atoms with E-state index in [2.05, 4.69) is 4.98 Å². The van der Waals surface area contributed by atoms with Crippen molar-refractivity contribution in [2.45, 2.75) is 6.92 Å². The van der Waals surface area contributed by atoms with Crippen molar-refractivity contribution in [3.63, 3.8) is 0 Å². The molecule has 0 bridgehead atoms. The molecule has 0 aliphatic carbocycles. The van der Waals surface area contributed by atoms with Gasteiger partial charge in [-0.1, -0.05) is 0 Å². The first-order valence-corrected chi connectivity index (χ1v) is 5.55. The zero-order valence-corrected chi connectivity index (χ0v) is 9.91. The molecule has 0 fully saturated rings. The molecule has 0 aliphatic rings. The summed E-state index contributed by atoms with van der Waals surface area (Å²) in [6.45, 7) is 1.81. The molecular weight excluding hydrogens is 234 g/mol. The standard InChI is InChI=1S/C12H13N3O3/c1-2-14(8-11(16)17)12(18)9-3-4-10-13-5-6-15(10)7-9/h3-7H,2,8H2,1H3,(H,16,17). The Labute approximate surface area is 103 Å². The van der Waals surface area contributed by atoms with Crippen molar-refractivity contribution in [1.82, 2.24) is 14.3 Å². The van der Waals surface area contributed by atoms with Gasteiger partial charge in [0.2, 0.25) is 0 Å². The van der Waals surface area contributed by atoms with Gasteiger partial charge in [0.15, 0.2) is 0 Å². The minimum absolute atomic E-state index is 0.294. The molecule has 18 heavy (non-hydrogen) atoms. The molecule has 0 saturated carbocycles. The average Bonchev–Trinajstić information content (AvgIpc) is 2.81. The number of pyridine rings is 1. The second kappa shape index (κ2) is 4.87. The lowest BCUT2D eigenvalue weighted by atomic mass is 10.2. The van der Waals surface area contributed by atoms with Gasteiger partial charge in [-0.25, -0.2) is 4.98 Å². The first-order valence-electron chi connectivity index (χ1n) is 5.55. The number of aliphatic carboxylic acids is 1. The van der Waals surface area contributed by atoms with Gasteiger partial charge in [-0.15, -0.1) is 0 Å². The van der Waals surface area contributed by atoms with Crippen molar-refractivity contribution >= 4 is 17.5 Å². The first kappa shape index (κ1) is 12.1. The third-order valence-electron chi connectivity index (χ3n) is 2.63. The molecular formula is C12H13N3O3. The van der Waals surface area contributed by atoms with Crippen LogP contribution >= 0.6 is 0 Å². The molecule has 0 spiro atoms. The number of hydrogen-bond acceptors (Lipinski definition) is 3. The number of imidazole rings is 1. The van der Waals surface area contributed by atoms with E-state index in [1.54, 1.807) is 42.0 Å². The highest BCUT2D eigenvalue weighted by Gasteiger charge is 2.17. The Kier molecular flexibility index (Phi) is 3.27. The number of carbonyl (C=O) groups is 2. The molecule has 2 aromatic heterocycles. The summed E-state index contributed by atoms with van der Waals surface area (Å²) in [6.07, 6.45) is 5.02. The number of carboxylic acids is 1. The van der Waals surface area contributed by atoms with E-state index in [-0.39, 0.29) is 12.5 Å². The lowest BCUT2D eigenvalue weighted by Gasteiger charge is -2.18. The quantitative estimate of drug-likeness (QED) is 0.870. The Hall–Kier alpha value is -2.37. The number of hydrogen-bond donors (Lipinski definition) is 1. The Balaban J connectivity index is 2.28. The number of likely N-dealkylation sites (N-methyl/N-ethyl adjacent to an activating group) is 1. The van der Waals surface area contributed by atoms with Crippen molar-refractivity contribution in [1.29, 1.82) is 0 Å². The van der Waals surface area contributed by atoms with E-state index in [4.69, 9.17) is 5.11 Å². The summed E-state index contributed by atoms with van der Waals surface area (Å²) in [7, 11) is 0. The van der Waals surface area contributed by atoms with Crippen molar-refractivity contribution in [2.24, 2.45) is 0 Å². The van der Waals surface area contributed by atoms with E-state index in [9.17, 15) is 9.59 Å². The van der Waals surface area contributed by atoms with Crippen LogP contribution in [-0.4, -0.2) is 44.4 Å². The highest BCUT2D eigenvalue weighted by atomic mass is 16.4. The van der Waals surface area contributed by atoms with E-state index >= 15 is 0 Å². The van der Waals surface area contributed by atoms with Crippen LogP contribution in [0.3, 0.4) is 0 Å². The van der Waals surface area contributed by atoms with Gasteiger partial charge in [0.25, 0.3) is 5.91 Å². The third kappa shape index (κ3) is 2.32. The van der Waals surface area contributed by atoms with E-state index in [0.29, 0.717) is 12.1 Å². The summed E-state index contributed by atoms with van der Waals surface area (Å²) in [6, 6.07) is 3.37. The molecule has 6 heteroatoms. The van der Waals surface area contributed by atoms with Gasteiger partial charge in [0, 0.05) is 25.1 Å². The normalized spacial score (nSPS) is 10.5. The summed E-state index contributed by atoms with van der Waals surface area (Å²) in [4.78, 5) is 28.1. The molecule has 2 aromatic rings. The summed E-state index contributed by atoms with van der Waals surface area (Å²) < 4.78 is 1.72. The topological polar surface area (TPSA) is 74.9 Å². The largest absolute Gasteiger partial charge is 0.480 e. The number of rotatable bonds is 4. The van der Waals surface area contributed by atoms with Gasteiger partial charge in [0.1, 0.15) is 12.2 Å². The minimum Gasteiger partial charge on any atom is -0.480 e. The van der Waals surface area contributed by atoms with Crippen LogP contribution in [0.2, 0.25) is 0 Å². The lowest BCUT2D eigenvalue weighted by Crippen LogP contribution is -2.35. The van der Waals surface area contributed by atoms with E-state index < -0.39 is 5.97 Å². The van der Waals surface area contributed by atoms with Gasteiger partial charge in [-0.3, -0.25) is 9.59 Å². The van der Waals surface area contributed by atoms with Crippen LogP contribution in [-0.2, 0) is 4.79 Å². The molecule has 0 aliphatic heterocycles. The number of aromatic nitrogens is 2. The Morgan fingerprint density at radius 2 is 2.22 bits per heavy atom. The van der Waals surface area contributed by atoms with Crippen molar-refractivity contribution < 1.29 is 14.7 Å². The Morgan fingerprint density at radius 3 is 2.89 bits per heavy atom. The van der Waals surface area contributed by atoms with Gasteiger partial charge in [-0.2, -0.15) is 0 Å². The van der Waals surface area contributed by atoms with Crippen LogP contribution in [0.15, 0.2) is 30.7 Å². The third-order valence-corrected chi connectivity index (χ3v) is 2.63. The van der Waals surface area contributed by atoms with Crippen molar-refractivity contribution in [3.05, 3.63) is 36.3 Å². The predicted molar refractivity (Wildman–Crippen MR) is 64.4 cm³/mol. The molecule has 6 nitrogen and oxygen atoms in total. The number of amides is 1. The second-order valence-corrected chi connectivity index (χ2v) is 3.82. The molecule has 0 saturated heterocycles. The zero-order chi connectivity index (χ0) is 13.1. The summed E-state index contributed by atoms with van der Waals surface area (Å²) in [5.74, 6) is -1.32. The molecule has 1 N–H and O–H groups in total. The number of carbonyl (C=O) groups excluding carboxylic acids is 1. The fourth-order valence-electron chi connectivity index (χ4n) is 1.72. The van der Waals surface area contributed by atoms with E-state index in [0.717, 1.165) is 5.65 Å². The lowest BCUT2D eigenvalue weighted by molar-refractivity contribution is -0.137. The van der Waals surface area contributed by atoms with Gasteiger partial charge >= 0.3 is 5.97 Å². The van der Waals surface area contributed by atoms with Crippen molar-refractivity contribution in [2.75, 3.05) is 13.1 Å². The van der Waals surface area contributed by atoms with Crippen LogP contribution in [0, 0.1) is 0 Å². The number of nitrogens with zero attached hydrogens (tertiary/aromatic N) is 3. The maximum Gasteiger partial charge on any atom is 0.323 e. The van der Waals surface area contributed by atoms with E-state index in [1.807, 2.05) is 0 Å². The number of carboxylic acid groups (broad SMARTS) is 1. The van der Waals surface area contributed by atoms with E-state index in [1.165, 1.54) is 4.90 Å². The highest BCUT2D eigenvalue weighted by molar-refractivity contribution is 5.95. The van der Waals surface area contributed by atoms with Gasteiger partial charge in [0.05, 0.1) is 5.56 Å². The number of fused-ring (bicyclic) bond motifs is 1. The smallest absolute Gasteiger partial charge is 0.323 e.